The molecule has 0 aliphatic rings. The Hall–Kier alpha value is -4.53. The summed E-state index contributed by atoms with van der Waals surface area (Å²) in [4.78, 5) is 16.9. The van der Waals surface area contributed by atoms with Gasteiger partial charge in [-0.15, -0.1) is 0 Å². The number of halogens is 9. The highest BCUT2D eigenvalue weighted by molar-refractivity contribution is 6.30. The van der Waals surface area contributed by atoms with Crippen LogP contribution in [0.2, 0.25) is 5.02 Å². The molecule has 0 atom stereocenters. The molecule has 206 valence electrons. The highest BCUT2D eigenvalue weighted by atomic mass is 35.5. The Bertz CT molecular complexity index is 1750. The van der Waals surface area contributed by atoms with E-state index in [2.05, 4.69) is 20.5 Å². The lowest BCUT2D eigenvalue weighted by Crippen LogP contribution is -2.16. The maximum atomic E-state index is 14.0. The number of carbonyl (C=O) groups excluding carboxylic acids is 1. The number of carbonyl (C=O) groups is 1. The van der Waals surface area contributed by atoms with Gasteiger partial charge in [-0.05, 0) is 18.2 Å². The Labute approximate surface area is 222 Å². The van der Waals surface area contributed by atoms with E-state index in [0.717, 1.165) is 29.1 Å². The first-order chi connectivity index (χ1) is 18.8. The van der Waals surface area contributed by atoms with Crippen molar-refractivity contribution < 1.29 is 39.9 Å². The van der Waals surface area contributed by atoms with Crippen LogP contribution < -0.4 is 5.32 Å². The van der Waals surface area contributed by atoms with E-state index >= 15 is 0 Å². The van der Waals surface area contributed by atoms with Crippen LogP contribution in [0.3, 0.4) is 0 Å². The van der Waals surface area contributed by atoms with Gasteiger partial charge in [0.1, 0.15) is 0 Å². The molecule has 16 heteroatoms. The van der Waals surface area contributed by atoms with Gasteiger partial charge in [-0.3, -0.25) is 9.48 Å². The number of amides is 1. The number of rotatable bonds is 5. The molecule has 3 aromatic heterocycles. The molecule has 0 spiro atoms. The summed E-state index contributed by atoms with van der Waals surface area (Å²) in [6.07, 6.45) is -3.80. The Morgan fingerprint density at radius 2 is 1.50 bits per heavy atom. The zero-order chi connectivity index (χ0) is 28.9. The van der Waals surface area contributed by atoms with Crippen LogP contribution in [0, 0.1) is 29.1 Å². The number of alkyl halides is 3. The van der Waals surface area contributed by atoms with Crippen LogP contribution in [0.1, 0.15) is 21.7 Å². The molecule has 2 aromatic carbocycles. The van der Waals surface area contributed by atoms with Gasteiger partial charge in [0.25, 0.3) is 5.91 Å². The largest absolute Gasteiger partial charge is 0.433 e. The number of hydrogen-bond donors (Lipinski definition) is 1. The fourth-order valence-electron chi connectivity index (χ4n) is 3.70. The summed E-state index contributed by atoms with van der Waals surface area (Å²) in [5.74, 6) is -11.9. The minimum Gasteiger partial charge on any atom is -0.304 e. The predicted octanol–water partition coefficient (Wildman–Crippen LogP) is 6.26. The van der Waals surface area contributed by atoms with Crippen molar-refractivity contribution in [3.63, 3.8) is 0 Å². The minimum atomic E-state index is -4.87. The summed E-state index contributed by atoms with van der Waals surface area (Å²) in [5, 5.41) is 10.1. The Morgan fingerprint density at radius 3 is 2.12 bits per heavy atom. The first-order valence-corrected chi connectivity index (χ1v) is 11.3. The summed E-state index contributed by atoms with van der Waals surface area (Å²) in [7, 11) is 0. The van der Waals surface area contributed by atoms with Gasteiger partial charge in [0, 0.05) is 28.9 Å². The average Bonchev–Trinajstić information content (AvgIpc) is 3.55. The standard InChI is InChI=1S/C24H11ClF8N6O/c25-11-3-1-10(2-4-11)13-7-15(24(31,32)33)39-17(34-13)8-14(36-39)23(40)35-16-5-6-38(37-16)9-12-18(26)20(28)22(30)21(29)19(12)27/h1-8H,9H2,(H,35,37,40). The fourth-order valence-corrected chi connectivity index (χ4v) is 3.83. The Balaban J connectivity index is 1.42. The predicted molar refractivity (Wildman–Crippen MR) is 124 cm³/mol. The maximum absolute atomic E-state index is 14.0. The Morgan fingerprint density at radius 1 is 0.875 bits per heavy atom. The SMILES string of the molecule is O=C(Nc1ccn(Cc2c(F)c(F)c(F)c(F)c2F)n1)c1cc2nc(-c3ccc(Cl)cc3)cc(C(F)(F)F)n2n1. The number of anilines is 1. The van der Waals surface area contributed by atoms with E-state index in [1.165, 1.54) is 24.3 Å². The molecule has 7 nitrogen and oxygen atoms in total. The van der Waals surface area contributed by atoms with E-state index in [4.69, 9.17) is 11.6 Å². The van der Waals surface area contributed by atoms with Crippen LogP contribution in [-0.4, -0.2) is 30.3 Å². The number of nitrogens with one attached hydrogen (secondary N) is 1. The van der Waals surface area contributed by atoms with Crippen LogP contribution in [0.15, 0.2) is 48.7 Å². The first kappa shape index (κ1) is 27.1. The lowest BCUT2D eigenvalue weighted by molar-refractivity contribution is -0.142. The number of fused-ring (bicyclic) bond motifs is 1. The molecule has 3 heterocycles. The van der Waals surface area contributed by atoms with Gasteiger partial charge in [0.2, 0.25) is 5.82 Å². The molecule has 0 aliphatic heterocycles. The van der Waals surface area contributed by atoms with E-state index < -0.39 is 64.7 Å². The van der Waals surface area contributed by atoms with Crippen molar-refractivity contribution in [3.05, 3.63) is 99.7 Å². The van der Waals surface area contributed by atoms with Crippen molar-refractivity contribution in [2.45, 2.75) is 12.7 Å². The van der Waals surface area contributed by atoms with Gasteiger partial charge in [-0.25, -0.2) is 31.5 Å². The molecule has 1 N–H and O–H groups in total. The van der Waals surface area contributed by atoms with Crippen molar-refractivity contribution in [2.24, 2.45) is 0 Å². The van der Waals surface area contributed by atoms with Crippen LogP contribution >= 0.6 is 11.6 Å². The molecule has 1 amide bonds. The molecule has 40 heavy (non-hydrogen) atoms. The molecule has 0 bridgehead atoms. The van der Waals surface area contributed by atoms with Gasteiger partial charge >= 0.3 is 6.18 Å². The normalized spacial score (nSPS) is 11.8. The van der Waals surface area contributed by atoms with Crippen LogP contribution in [0.5, 0.6) is 0 Å². The van der Waals surface area contributed by atoms with E-state index in [0.29, 0.717) is 15.1 Å². The molecular formula is C24H11ClF8N6O. The summed E-state index contributed by atoms with van der Waals surface area (Å²) >= 11 is 5.83. The lowest BCUT2D eigenvalue weighted by atomic mass is 10.1. The average molecular weight is 587 g/mol. The third-order valence-electron chi connectivity index (χ3n) is 5.59. The van der Waals surface area contributed by atoms with Crippen molar-refractivity contribution in [3.8, 4) is 11.3 Å². The third-order valence-corrected chi connectivity index (χ3v) is 5.85. The van der Waals surface area contributed by atoms with Crippen molar-refractivity contribution in [1.82, 2.24) is 24.4 Å². The van der Waals surface area contributed by atoms with E-state index in [9.17, 15) is 39.9 Å². The monoisotopic (exact) mass is 586 g/mol. The zero-order valence-corrected chi connectivity index (χ0v) is 20.1. The van der Waals surface area contributed by atoms with Gasteiger partial charge in [-0.2, -0.15) is 23.4 Å². The van der Waals surface area contributed by atoms with E-state index in [-0.39, 0.29) is 17.2 Å². The molecule has 0 aliphatic carbocycles. The van der Waals surface area contributed by atoms with Gasteiger partial charge in [0.15, 0.2) is 46.1 Å². The quantitative estimate of drug-likeness (QED) is 0.150. The maximum Gasteiger partial charge on any atom is 0.433 e. The van der Waals surface area contributed by atoms with Gasteiger partial charge in [0.05, 0.1) is 17.8 Å². The number of benzene rings is 2. The molecule has 5 aromatic rings. The topological polar surface area (TPSA) is 77.1 Å². The lowest BCUT2D eigenvalue weighted by Gasteiger charge is -2.11. The number of hydrogen-bond acceptors (Lipinski definition) is 4. The van der Waals surface area contributed by atoms with Crippen molar-refractivity contribution in [2.75, 3.05) is 5.32 Å². The number of aromatic nitrogens is 5. The molecule has 0 fully saturated rings. The second kappa shape index (κ2) is 9.89. The summed E-state index contributed by atoms with van der Waals surface area (Å²) in [6, 6.07) is 8.74. The smallest absolute Gasteiger partial charge is 0.304 e. The summed E-state index contributed by atoms with van der Waals surface area (Å²) in [6.45, 7) is -0.887. The zero-order valence-electron chi connectivity index (χ0n) is 19.4. The highest BCUT2D eigenvalue weighted by Crippen LogP contribution is 2.33. The minimum absolute atomic E-state index is 0.0600. The van der Waals surface area contributed by atoms with Crippen LogP contribution in [-0.2, 0) is 12.7 Å². The Kier molecular flexibility index (Phi) is 6.69. The summed E-state index contributed by atoms with van der Waals surface area (Å²) < 4.78 is 111. The highest BCUT2D eigenvalue weighted by Gasteiger charge is 2.36. The van der Waals surface area contributed by atoms with Crippen molar-refractivity contribution >= 4 is 29.0 Å². The molecule has 0 radical (unpaired) electrons. The molecule has 0 saturated heterocycles. The molecular weight excluding hydrogens is 576 g/mol. The van der Waals surface area contributed by atoms with E-state index in [1.807, 2.05) is 0 Å². The molecule has 0 unspecified atom stereocenters. The van der Waals surface area contributed by atoms with E-state index in [1.54, 1.807) is 0 Å². The van der Waals surface area contributed by atoms with Gasteiger partial charge < -0.3 is 5.32 Å². The molecule has 5 rings (SSSR count). The second-order valence-electron chi connectivity index (χ2n) is 8.23. The van der Waals surface area contributed by atoms with Crippen molar-refractivity contribution in [1.29, 1.82) is 0 Å². The molecule has 0 saturated carbocycles. The fraction of sp³-hybridized carbons (Fsp3) is 0.0833. The summed E-state index contributed by atoms with van der Waals surface area (Å²) in [5.41, 5.74) is -2.91. The van der Waals surface area contributed by atoms with Crippen LogP contribution in [0.25, 0.3) is 16.9 Å². The first-order valence-electron chi connectivity index (χ1n) is 10.9. The second-order valence-corrected chi connectivity index (χ2v) is 8.67. The third kappa shape index (κ3) is 4.95. The number of nitrogens with zero attached hydrogens (tertiary/aromatic N) is 5. The van der Waals surface area contributed by atoms with Gasteiger partial charge in [-0.1, -0.05) is 23.7 Å². The van der Waals surface area contributed by atoms with Crippen LogP contribution in [0.4, 0.5) is 40.9 Å².